The number of carbonyl (C=O) groups excluding carboxylic acids is 1. The highest BCUT2D eigenvalue weighted by atomic mass is 16.2. The molecule has 0 radical (unpaired) electrons. The molecule has 2 aromatic rings. The number of nitrogens with zero attached hydrogens (tertiary/aromatic N) is 2. The molecule has 0 spiro atoms. The number of pyridine rings is 1. The molecule has 27 heavy (non-hydrogen) atoms. The lowest BCUT2D eigenvalue weighted by molar-refractivity contribution is 0.0644. The number of nitrogen functional groups attached to an aromatic ring is 1. The van der Waals surface area contributed by atoms with Crippen molar-refractivity contribution in [3.63, 3.8) is 0 Å². The van der Waals surface area contributed by atoms with Crippen LogP contribution >= 0.6 is 0 Å². The topological polar surface area (TPSA) is 83.3 Å². The number of likely N-dealkylation sites (tertiary alicyclic amines) is 1. The lowest BCUT2D eigenvalue weighted by atomic mass is 9.81. The second kappa shape index (κ2) is 7.66. The normalized spacial score (nSPS) is 25.5. The van der Waals surface area contributed by atoms with E-state index in [2.05, 4.69) is 47.0 Å². The number of hydrogen-bond acceptors (Lipinski definition) is 5. The predicted molar refractivity (Wildman–Crippen MR) is 106 cm³/mol. The first-order valence-corrected chi connectivity index (χ1v) is 9.67. The number of hydrogen-bond donors (Lipinski definition) is 3. The number of nitrogens with two attached hydrogens (primary N) is 1. The number of carbonyl (C=O) groups is 1. The van der Waals surface area contributed by atoms with Gasteiger partial charge in [0.2, 0.25) is 0 Å². The summed E-state index contributed by atoms with van der Waals surface area (Å²) in [4.78, 5) is 18.9. The Morgan fingerprint density at radius 1 is 1.26 bits per heavy atom. The molecule has 0 aliphatic carbocycles. The van der Waals surface area contributed by atoms with E-state index in [1.165, 1.54) is 11.1 Å². The molecule has 2 aliphatic rings. The fourth-order valence-electron chi connectivity index (χ4n) is 4.35. The van der Waals surface area contributed by atoms with Crippen molar-refractivity contribution in [3.8, 4) is 0 Å². The summed E-state index contributed by atoms with van der Waals surface area (Å²) in [7, 11) is 0. The zero-order chi connectivity index (χ0) is 18.8. The maximum absolute atomic E-state index is 12.9. The Kier molecular flexibility index (Phi) is 5.09. The van der Waals surface area contributed by atoms with Crippen LogP contribution in [0.3, 0.4) is 0 Å². The molecule has 1 amide bonds. The second-order valence-electron chi connectivity index (χ2n) is 7.69. The van der Waals surface area contributed by atoms with Crippen LogP contribution in [0.15, 0.2) is 42.6 Å². The molecule has 0 saturated carbocycles. The summed E-state index contributed by atoms with van der Waals surface area (Å²) in [6.07, 6.45) is 3.75. The van der Waals surface area contributed by atoms with E-state index in [4.69, 9.17) is 5.73 Å². The standard InChI is InChI=1S/C21H27N5O/c1-14-4-6-15(7-5-14)18-12-24-25-20(18)17-3-2-10-26(13-17)21(27)16-8-9-23-19(22)11-16/h4-9,11,17-18,20,24-25H,2-3,10,12-13H2,1H3,(H2,22,23). The number of amides is 1. The molecule has 4 N–H and O–H groups in total. The van der Waals surface area contributed by atoms with E-state index in [0.29, 0.717) is 29.3 Å². The van der Waals surface area contributed by atoms with E-state index in [1.54, 1.807) is 18.3 Å². The van der Waals surface area contributed by atoms with Crippen LogP contribution in [-0.2, 0) is 0 Å². The number of hydrazine groups is 1. The summed E-state index contributed by atoms with van der Waals surface area (Å²) < 4.78 is 0. The summed E-state index contributed by atoms with van der Waals surface area (Å²) in [5.41, 5.74) is 15.8. The summed E-state index contributed by atoms with van der Waals surface area (Å²) in [6, 6.07) is 12.5. The molecule has 3 heterocycles. The van der Waals surface area contributed by atoms with Crippen molar-refractivity contribution in [2.75, 3.05) is 25.4 Å². The Morgan fingerprint density at radius 3 is 2.85 bits per heavy atom. The van der Waals surface area contributed by atoms with Gasteiger partial charge in [0.05, 0.1) is 0 Å². The molecule has 3 unspecified atom stereocenters. The first kappa shape index (κ1) is 17.9. The zero-order valence-corrected chi connectivity index (χ0v) is 15.7. The molecule has 2 saturated heterocycles. The van der Waals surface area contributed by atoms with Crippen molar-refractivity contribution in [1.29, 1.82) is 0 Å². The molecule has 1 aromatic heterocycles. The Bertz CT molecular complexity index is 806. The van der Waals surface area contributed by atoms with Crippen molar-refractivity contribution in [2.45, 2.75) is 31.7 Å². The second-order valence-corrected chi connectivity index (χ2v) is 7.69. The van der Waals surface area contributed by atoms with Crippen LogP contribution in [0.25, 0.3) is 0 Å². The molecule has 1 aromatic carbocycles. The Balaban J connectivity index is 1.49. The number of aryl methyl sites for hydroxylation is 1. The van der Waals surface area contributed by atoms with Crippen LogP contribution in [0.1, 0.15) is 40.2 Å². The largest absolute Gasteiger partial charge is 0.384 e. The Morgan fingerprint density at radius 2 is 2.07 bits per heavy atom. The summed E-state index contributed by atoms with van der Waals surface area (Å²) in [5, 5.41) is 0. The van der Waals surface area contributed by atoms with E-state index < -0.39 is 0 Å². The van der Waals surface area contributed by atoms with Crippen molar-refractivity contribution in [2.24, 2.45) is 5.92 Å². The highest BCUT2D eigenvalue weighted by molar-refractivity contribution is 5.94. The third kappa shape index (κ3) is 3.82. The summed E-state index contributed by atoms with van der Waals surface area (Å²) in [5.74, 6) is 1.27. The first-order valence-electron chi connectivity index (χ1n) is 9.67. The Labute approximate surface area is 160 Å². The summed E-state index contributed by atoms with van der Waals surface area (Å²) in [6.45, 7) is 4.59. The van der Waals surface area contributed by atoms with Gasteiger partial charge < -0.3 is 10.6 Å². The third-order valence-electron chi connectivity index (χ3n) is 5.81. The van der Waals surface area contributed by atoms with Crippen LogP contribution < -0.4 is 16.6 Å². The van der Waals surface area contributed by atoms with Crippen LogP contribution in [0.4, 0.5) is 5.82 Å². The number of nitrogens with one attached hydrogen (secondary N) is 2. The summed E-state index contributed by atoms with van der Waals surface area (Å²) >= 11 is 0. The van der Waals surface area contributed by atoms with Gasteiger partial charge in [-0.15, -0.1) is 0 Å². The molecule has 0 bridgehead atoms. The Hall–Kier alpha value is -2.44. The highest BCUT2D eigenvalue weighted by Crippen LogP contribution is 2.32. The zero-order valence-electron chi connectivity index (χ0n) is 15.7. The SMILES string of the molecule is Cc1ccc(C2CNNC2C2CCCN(C(=O)c3ccnc(N)c3)C2)cc1. The number of aromatic nitrogens is 1. The molecule has 142 valence electrons. The lowest BCUT2D eigenvalue weighted by Crippen LogP contribution is -2.48. The van der Waals surface area contributed by atoms with Crippen molar-refractivity contribution in [1.82, 2.24) is 20.7 Å². The van der Waals surface area contributed by atoms with Gasteiger partial charge in [0.25, 0.3) is 5.91 Å². The molecule has 6 heteroatoms. The smallest absolute Gasteiger partial charge is 0.254 e. The molecular weight excluding hydrogens is 338 g/mol. The van der Waals surface area contributed by atoms with E-state index in [-0.39, 0.29) is 5.91 Å². The molecule has 2 aliphatic heterocycles. The average molecular weight is 365 g/mol. The average Bonchev–Trinajstić information content (AvgIpc) is 3.18. The van der Waals surface area contributed by atoms with E-state index >= 15 is 0 Å². The maximum atomic E-state index is 12.9. The van der Waals surface area contributed by atoms with Crippen LogP contribution in [0.2, 0.25) is 0 Å². The number of piperidine rings is 1. The van der Waals surface area contributed by atoms with E-state index in [9.17, 15) is 4.79 Å². The quantitative estimate of drug-likeness (QED) is 0.776. The van der Waals surface area contributed by atoms with Crippen LogP contribution in [0.5, 0.6) is 0 Å². The van der Waals surface area contributed by atoms with Crippen LogP contribution in [0, 0.1) is 12.8 Å². The van der Waals surface area contributed by atoms with Gasteiger partial charge in [-0.1, -0.05) is 29.8 Å². The number of benzene rings is 1. The van der Waals surface area contributed by atoms with Gasteiger partial charge in [-0.05, 0) is 43.4 Å². The maximum Gasteiger partial charge on any atom is 0.254 e. The fraction of sp³-hybridized carbons (Fsp3) is 0.429. The van der Waals surface area contributed by atoms with Crippen LogP contribution in [-0.4, -0.2) is 41.5 Å². The minimum atomic E-state index is 0.0478. The van der Waals surface area contributed by atoms with Gasteiger partial charge in [-0.25, -0.2) is 4.98 Å². The van der Waals surface area contributed by atoms with Crippen molar-refractivity contribution < 1.29 is 4.79 Å². The van der Waals surface area contributed by atoms with Gasteiger partial charge in [0.1, 0.15) is 5.82 Å². The molecule has 6 nitrogen and oxygen atoms in total. The number of anilines is 1. The molecule has 2 fully saturated rings. The first-order chi connectivity index (χ1) is 13.1. The van der Waals surface area contributed by atoms with E-state index in [0.717, 1.165) is 32.5 Å². The monoisotopic (exact) mass is 365 g/mol. The van der Waals surface area contributed by atoms with Gasteiger partial charge in [0.15, 0.2) is 0 Å². The molecule has 3 atom stereocenters. The van der Waals surface area contributed by atoms with Gasteiger partial charge in [-0.3, -0.25) is 15.6 Å². The van der Waals surface area contributed by atoms with E-state index in [1.807, 2.05) is 4.90 Å². The third-order valence-corrected chi connectivity index (χ3v) is 5.81. The molecular formula is C21H27N5O. The minimum Gasteiger partial charge on any atom is -0.384 e. The predicted octanol–water partition coefficient (Wildman–Crippen LogP) is 2.08. The molecule has 4 rings (SSSR count). The van der Waals surface area contributed by atoms with Gasteiger partial charge >= 0.3 is 0 Å². The fourth-order valence-corrected chi connectivity index (χ4v) is 4.35. The van der Waals surface area contributed by atoms with Gasteiger partial charge in [0, 0.05) is 43.4 Å². The van der Waals surface area contributed by atoms with Gasteiger partial charge in [-0.2, -0.15) is 0 Å². The lowest BCUT2D eigenvalue weighted by Gasteiger charge is -2.37. The van der Waals surface area contributed by atoms with Crippen molar-refractivity contribution >= 4 is 11.7 Å². The minimum absolute atomic E-state index is 0.0478. The number of rotatable bonds is 3. The highest BCUT2D eigenvalue weighted by Gasteiger charge is 2.37. The van der Waals surface area contributed by atoms with Crippen molar-refractivity contribution in [3.05, 3.63) is 59.3 Å².